The van der Waals surface area contributed by atoms with Gasteiger partial charge in [0.1, 0.15) is 18.0 Å². The number of para-hydroxylation sites is 1. The molecule has 16 heteroatoms. The lowest BCUT2D eigenvalue weighted by Crippen LogP contribution is -2.51. The molecule has 0 aliphatic rings. The molecule has 3 aromatic carbocycles. The molecule has 4 amide bonds. The quantitative estimate of drug-likeness (QED) is 0.0831. The van der Waals surface area contributed by atoms with Gasteiger partial charge in [-0.3, -0.25) is 19.2 Å². The fourth-order valence-electron chi connectivity index (χ4n) is 5.32. The molecule has 0 atom stereocenters. The minimum absolute atomic E-state index is 0.141. The molecule has 7 N–H and O–H groups in total. The second-order valence-electron chi connectivity index (χ2n) is 13.6. The predicted octanol–water partition coefficient (Wildman–Crippen LogP) is 3.78. The van der Waals surface area contributed by atoms with Gasteiger partial charge in [0.05, 0.1) is 49.7 Å². The van der Waals surface area contributed by atoms with Gasteiger partial charge in [-0.2, -0.15) is 5.90 Å². The van der Waals surface area contributed by atoms with Gasteiger partial charge in [-0.15, -0.1) is 0 Å². The van der Waals surface area contributed by atoms with Crippen LogP contribution in [0.1, 0.15) is 56.5 Å². The molecule has 3 aromatic rings. The molecule has 0 bridgehead atoms. The van der Waals surface area contributed by atoms with Crippen LogP contribution in [0.3, 0.4) is 0 Å². The predicted molar refractivity (Wildman–Crippen MR) is 205 cm³/mol. The van der Waals surface area contributed by atoms with E-state index in [-0.39, 0.29) is 49.1 Å². The number of hydrazine groups is 2. The molecule has 0 aromatic heterocycles. The Balaban J connectivity index is 1.77. The first-order chi connectivity index (χ1) is 25.5. The van der Waals surface area contributed by atoms with E-state index in [0.717, 1.165) is 15.6 Å². The summed E-state index contributed by atoms with van der Waals surface area (Å²) in [4.78, 5) is 73.4. The number of methoxy groups -OCH3 is 2. The maximum Gasteiger partial charge on any atom is 0.357 e. The van der Waals surface area contributed by atoms with Gasteiger partial charge in [-0.25, -0.2) is 26.5 Å². The Labute approximate surface area is 315 Å². The Bertz CT molecular complexity index is 1780. The number of aryl methyl sites for hydroxylation is 1. The van der Waals surface area contributed by atoms with Crippen LogP contribution in [0.4, 0.5) is 21.9 Å². The number of benzene rings is 3. The maximum absolute atomic E-state index is 13.9. The van der Waals surface area contributed by atoms with E-state index in [2.05, 4.69) is 10.2 Å². The Morgan fingerprint density at radius 1 is 0.833 bits per heavy atom. The highest BCUT2D eigenvalue weighted by Gasteiger charge is 2.32. The van der Waals surface area contributed by atoms with Crippen molar-refractivity contribution >= 4 is 46.7 Å². The van der Waals surface area contributed by atoms with E-state index < -0.39 is 35.9 Å². The van der Waals surface area contributed by atoms with E-state index in [0.29, 0.717) is 29.2 Å². The molecule has 0 radical (unpaired) electrons. The summed E-state index contributed by atoms with van der Waals surface area (Å²) in [6.07, 6.45) is 0.314. The number of ketones is 1. The molecule has 0 aliphatic heterocycles. The highest BCUT2D eigenvalue weighted by molar-refractivity contribution is 6.02. The van der Waals surface area contributed by atoms with Crippen molar-refractivity contribution < 1.29 is 38.3 Å². The molecule has 16 nitrogen and oxygen atoms in total. The fraction of sp³-hybridized carbons (Fsp3) is 0.395. The highest BCUT2D eigenvalue weighted by atomic mass is 16.7. The monoisotopic (exact) mass is 748 g/mol. The van der Waals surface area contributed by atoms with Crippen molar-refractivity contribution in [3.05, 3.63) is 77.9 Å². The lowest BCUT2D eigenvalue weighted by Gasteiger charge is -2.32. The van der Waals surface area contributed by atoms with Crippen molar-refractivity contribution in [2.24, 2.45) is 23.5 Å². The van der Waals surface area contributed by atoms with Crippen LogP contribution in [-0.2, 0) is 19.2 Å². The molecule has 0 saturated heterocycles. The first kappa shape index (κ1) is 42.7. The molecule has 0 unspecified atom stereocenters. The molecule has 0 fully saturated rings. The topological polar surface area (TPSA) is 216 Å². The smallest absolute Gasteiger partial charge is 0.357 e. The largest absolute Gasteiger partial charge is 0.497 e. The zero-order valence-electron chi connectivity index (χ0n) is 32.0. The molecular formula is C38H52N8O8. The van der Waals surface area contributed by atoms with Crippen LogP contribution >= 0.6 is 0 Å². The van der Waals surface area contributed by atoms with Crippen molar-refractivity contribution in [2.75, 3.05) is 55.7 Å². The Hall–Kier alpha value is -5.71. The van der Waals surface area contributed by atoms with Gasteiger partial charge in [0.15, 0.2) is 5.78 Å². The van der Waals surface area contributed by atoms with Gasteiger partial charge >= 0.3 is 12.0 Å². The van der Waals surface area contributed by atoms with Crippen LogP contribution in [-0.4, -0.2) is 85.3 Å². The number of ether oxygens (including phenoxy) is 2. The zero-order chi connectivity index (χ0) is 40.2. The van der Waals surface area contributed by atoms with Crippen molar-refractivity contribution in [3.63, 3.8) is 0 Å². The number of hydrogen-bond acceptors (Lipinski definition) is 12. The molecule has 292 valence electrons. The summed E-state index contributed by atoms with van der Waals surface area (Å²) < 4.78 is 10.6. The minimum atomic E-state index is -1.16. The van der Waals surface area contributed by atoms with Gasteiger partial charge in [-0.05, 0) is 81.1 Å². The number of carbonyl (C=O) groups is 5. The molecule has 0 aliphatic carbocycles. The number of anilines is 3. The average Bonchev–Trinajstić information content (AvgIpc) is 3.16. The van der Waals surface area contributed by atoms with E-state index in [9.17, 15) is 24.0 Å². The standard InChI is InChI=1S/C38H52N8O8/c1-25(2)18-20-43(34(48)24-44(21-19-35(49)54-41)36(50)30-17-16-29(52-6)22-32(30)53-7)23-33(47)38(4,5)42-27-12-14-28(15-13-27)45(39)37(51)46(40)31-11-9-8-10-26(31)3/h8-17,22,25,42H,18-21,23-24,39-41H2,1-7H3. The van der Waals surface area contributed by atoms with Crippen molar-refractivity contribution in [2.45, 2.75) is 53.0 Å². The van der Waals surface area contributed by atoms with Crippen LogP contribution in [0.5, 0.6) is 11.5 Å². The van der Waals surface area contributed by atoms with Gasteiger partial charge in [-0.1, -0.05) is 32.0 Å². The van der Waals surface area contributed by atoms with E-state index in [4.69, 9.17) is 27.1 Å². The van der Waals surface area contributed by atoms with Crippen LogP contribution in [0.2, 0.25) is 0 Å². The Morgan fingerprint density at radius 3 is 2.09 bits per heavy atom. The lowest BCUT2D eigenvalue weighted by molar-refractivity contribution is -0.144. The van der Waals surface area contributed by atoms with Gasteiger partial charge in [0.2, 0.25) is 5.91 Å². The first-order valence-corrected chi connectivity index (χ1v) is 17.3. The Kier molecular flexibility index (Phi) is 15.3. The third-order valence-corrected chi connectivity index (χ3v) is 8.72. The number of amides is 4. The number of Topliss-reactive ketones (excluding diaryl/α,β-unsaturated/α-hetero) is 1. The fourth-order valence-corrected chi connectivity index (χ4v) is 5.32. The van der Waals surface area contributed by atoms with Crippen LogP contribution in [0.15, 0.2) is 66.7 Å². The summed E-state index contributed by atoms with van der Waals surface area (Å²) in [6, 6.07) is 17.6. The minimum Gasteiger partial charge on any atom is -0.497 e. The number of nitrogens with zero attached hydrogens (tertiary/aromatic N) is 4. The summed E-state index contributed by atoms with van der Waals surface area (Å²) >= 11 is 0. The summed E-state index contributed by atoms with van der Waals surface area (Å²) in [6.45, 7) is 8.54. The number of carbonyl (C=O) groups excluding carboxylic acids is 5. The highest BCUT2D eigenvalue weighted by Crippen LogP contribution is 2.27. The van der Waals surface area contributed by atoms with E-state index in [1.54, 1.807) is 56.3 Å². The molecule has 3 rings (SSSR count). The lowest BCUT2D eigenvalue weighted by atomic mass is 9.97. The zero-order valence-corrected chi connectivity index (χ0v) is 32.0. The average molecular weight is 749 g/mol. The van der Waals surface area contributed by atoms with E-state index >= 15 is 0 Å². The maximum atomic E-state index is 13.9. The summed E-state index contributed by atoms with van der Waals surface area (Å²) in [5.74, 6) is 15.9. The number of nitrogens with one attached hydrogen (secondary N) is 1. The second kappa shape index (κ2) is 19.4. The normalized spacial score (nSPS) is 11.0. The van der Waals surface area contributed by atoms with Crippen molar-refractivity contribution in [1.29, 1.82) is 0 Å². The summed E-state index contributed by atoms with van der Waals surface area (Å²) in [5.41, 5.74) is 1.19. The SMILES string of the molecule is COc1ccc(C(=O)N(CCC(=O)ON)CC(=O)N(CCC(C)C)CC(=O)C(C)(C)Nc2ccc(N(N)C(=O)N(N)c3ccccc3C)cc2)c(OC)c1. The summed E-state index contributed by atoms with van der Waals surface area (Å²) in [7, 11) is 2.87. The van der Waals surface area contributed by atoms with Gasteiger partial charge in [0.25, 0.3) is 5.91 Å². The van der Waals surface area contributed by atoms with Crippen LogP contribution < -0.4 is 42.4 Å². The molecule has 0 spiro atoms. The van der Waals surface area contributed by atoms with Gasteiger partial charge < -0.3 is 29.4 Å². The molecular weight excluding hydrogens is 696 g/mol. The second-order valence-corrected chi connectivity index (χ2v) is 13.6. The van der Waals surface area contributed by atoms with Crippen molar-refractivity contribution in [1.82, 2.24) is 9.80 Å². The third-order valence-electron chi connectivity index (χ3n) is 8.72. The number of urea groups is 1. The molecule has 54 heavy (non-hydrogen) atoms. The number of nitrogens with two attached hydrogens (primary N) is 3. The third kappa shape index (κ3) is 11.4. The Morgan fingerprint density at radius 2 is 1.50 bits per heavy atom. The van der Waals surface area contributed by atoms with Gasteiger partial charge in [0, 0.05) is 24.8 Å². The van der Waals surface area contributed by atoms with E-state index in [1.807, 2.05) is 32.9 Å². The number of hydrogen-bond donors (Lipinski definition) is 4. The van der Waals surface area contributed by atoms with Crippen LogP contribution in [0.25, 0.3) is 0 Å². The number of rotatable bonds is 18. The van der Waals surface area contributed by atoms with Crippen molar-refractivity contribution in [3.8, 4) is 11.5 Å². The molecule has 0 heterocycles. The molecule has 0 saturated carbocycles. The van der Waals surface area contributed by atoms with Crippen LogP contribution in [0, 0.1) is 12.8 Å². The first-order valence-electron chi connectivity index (χ1n) is 17.3. The summed E-state index contributed by atoms with van der Waals surface area (Å²) in [5, 5.41) is 5.09. The van der Waals surface area contributed by atoms with E-state index in [1.165, 1.54) is 36.2 Å².